The summed E-state index contributed by atoms with van der Waals surface area (Å²) in [5.41, 5.74) is 2.05. The molecule has 0 aromatic heterocycles. The minimum atomic E-state index is -0.614. The first kappa shape index (κ1) is 18.8. The number of nitrogens with one attached hydrogen (secondary N) is 2. The Kier molecular flexibility index (Phi) is 7.79. The van der Waals surface area contributed by atoms with E-state index in [1.807, 2.05) is 68.4 Å². The summed E-state index contributed by atoms with van der Waals surface area (Å²) in [6.07, 6.45) is -0.614. The summed E-state index contributed by atoms with van der Waals surface area (Å²) in [5.74, 6) is 1.52. The third kappa shape index (κ3) is 6.85. The monoisotopic (exact) mass is 341 g/mol. The van der Waals surface area contributed by atoms with Crippen molar-refractivity contribution in [2.24, 2.45) is 4.99 Å². The number of rotatable bonds is 8. The average molecular weight is 341 g/mol. The van der Waals surface area contributed by atoms with E-state index in [-0.39, 0.29) is 0 Å². The number of benzene rings is 2. The molecule has 0 saturated heterocycles. The van der Waals surface area contributed by atoms with E-state index < -0.39 is 6.10 Å². The Morgan fingerprint density at radius 2 is 1.80 bits per heavy atom. The average Bonchev–Trinajstić information content (AvgIpc) is 2.64. The molecule has 0 aliphatic carbocycles. The molecule has 1 atom stereocenters. The molecule has 0 spiro atoms. The number of aryl methyl sites for hydroxylation is 1. The highest BCUT2D eigenvalue weighted by Crippen LogP contribution is 2.13. The number of aliphatic imine (C=N–C) groups is 1. The molecule has 0 aliphatic heterocycles. The predicted molar refractivity (Wildman–Crippen MR) is 102 cm³/mol. The van der Waals surface area contributed by atoms with Crippen molar-refractivity contribution in [2.45, 2.75) is 20.0 Å². The number of guanidine groups is 1. The van der Waals surface area contributed by atoms with Gasteiger partial charge in [0.05, 0.1) is 19.2 Å². The summed E-state index contributed by atoms with van der Waals surface area (Å²) in [6, 6.07) is 17.6. The van der Waals surface area contributed by atoms with Gasteiger partial charge in [0.2, 0.25) is 0 Å². The SMILES string of the molecule is CCNC(=NCC(O)c1ccc(C)cc1)NCCOc1ccccc1. The molecular formula is C20H27N3O2. The third-order valence-corrected chi connectivity index (χ3v) is 3.64. The number of hydrogen-bond donors (Lipinski definition) is 3. The van der Waals surface area contributed by atoms with Crippen molar-refractivity contribution in [3.8, 4) is 5.75 Å². The van der Waals surface area contributed by atoms with Gasteiger partial charge in [0, 0.05) is 6.54 Å². The van der Waals surface area contributed by atoms with Crippen LogP contribution in [0.25, 0.3) is 0 Å². The summed E-state index contributed by atoms with van der Waals surface area (Å²) in [7, 11) is 0. The molecule has 0 heterocycles. The van der Waals surface area contributed by atoms with Crippen molar-refractivity contribution in [1.82, 2.24) is 10.6 Å². The van der Waals surface area contributed by atoms with Crippen LogP contribution < -0.4 is 15.4 Å². The highest BCUT2D eigenvalue weighted by Gasteiger charge is 2.07. The standard InChI is InChI=1S/C20H27N3O2/c1-3-21-20(22-13-14-25-18-7-5-4-6-8-18)23-15-19(24)17-11-9-16(2)10-12-17/h4-12,19,24H,3,13-15H2,1-2H3,(H2,21,22,23). The topological polar surface area (TPSA) is 65.9 Å². The van der Waals surface area contributed by atoms with E-state index in [9.17, 15) is 5.11 Å². The molecule has 25 heavy (non-hydrogen) atoms. The molecular weight excluding hydrogens is 314 g/mol. The predicted octanol–water partition coefficient (Wildman–Crippen LogP) is 2.66. The molecule has 0 saturated carbocycles. The van der Waals surface area contributed by atoms with Crippen molar-refractivity contribution < 1.29 is 9.84 Å². The summed E-state index contributed by atoms with van der Waals surface area (Å²) in [6.45, 7) is 6.26. The van der Waals surface area contributed by atoms with Crippen molar-refractivity contribution >= 4 is 5.96 Å². The number of hydrogen-bond acceptors (Lipinski definition) is 3. The fraction of sp³-hybridized carbons (Fsp3) is 0.350. The first-order chi connectivity index (χ1) is 12.2. The lowest BCUT2D eigenvalue weighted by Gasteiger charge is -2.14. The van der Waals surface area contributed by atoms with Crippen LogP contribution in [-0.2, 0) is 0 Å². The second kappa shape index (κ2) is 10.4. The van der Waals surface area contributed by atoms with E-state index in [0.29, 0.717) is 25.7 Å². The molecule has 2 aromatic rings. The Morgan fingerprint density at radius 3 is 2.48 bits per heavy atom. The van der Waals surface area contributed by atoms with Crippen LogP contribution in [0.3, 0.4) is 0 Å². The maximum Gasteiger partial charge on any atom is 0.191 e. The van der Waals surface area contributed by atoms with E-state index in [4.69, 9.17) is 4.74 Å². The molecule has 2 rings (SSSR count). The van der Waals surface area contributed by atoms with Crippen molar-refractivity contribution in [3.05, 3.63) is 65.7 Å². The first-order valence-corrected chi connectivity index (χ1v) is 8.63. The summed E-state index contributed by atoms with van der Waals surface area (Å²) in [5, 5.41) is 16.6. The van der Waals surface area contributed by atoms with Crippen LogP contribution in [0, 0.1) is 6.92 Å². The molecule has 2 aromatic carbocycles. The van der Waals surface area contributed by atoms with Crippen LogP contribution in [0.5, 0.6) is 5.75 Å². The molecule has 5 nitrogen and oxygen atoms in total. The molecule has 0 aliphatic rings. The lowest BCUT2D eigenvalue weighted by atomic mass is 10.1. The molecule has 134 valence electrons. The zero-order valence-corrected chi connectivity index (χ0v) is 14.9. The summed E-state index contributed by atoms with van der Waals surface area (Å²) >= 11 is 0. The largest absolute Gasteiger partial charge is 0.492 e. The van der Waals surface area contributed by atoms with Gasteiger partial charge in [0.25, 0.3) is 0 Å². The number of para-hydroxylation sites is 1. The molecule has 1 unspecified atom stereocenters. The lowest BCUT2D eigenvalue weighted by Crippen LogP contribution is -2.39. The third-order valence-electron chi connectivity index (χ3n) is 3.64. The fourth-order valence-electron chi connectivity index (χ4n) is 2.27. The quantitative estimate of drug-likeness (QED) is 0.392. The number of aliphatic hydroxyl groups is 1. The van der Waals surface area contributed by atoms with Crippen molar-refractivity contribution in [3.63, 3.8) is 0 Å². The van der Waals surface area contributed by atoms with Gasteiger partial charge in [-0.05, 0) is 31.5 Å². The van der Waals surface area contributed by atoms with Gasteiger partial charge in [-0.2, -0.15) is 0 Å². The lowest BCUT2D eigenvalue weighted by molar-refractivity contribution is 0.187. The van der Waals surface area contributed by atoms with E-state index in [1.165, 1.54) is 5.56 Å². The van der Waals surface area contributed by atoms with Gasteiger partial charge in [-0.25, -0.2) is 0 Å². The number of ether oxygens (including phenoxy) is 1. The Labute approximate surface area is 149 Å². The van der Waals surface area contributed by atoms with Crippen molar-refractivity contribution in [2.75, 3.05) is 26.2 Å². The molecule has 3 N–H and O–H groups in total. The maximum absolute atomic E-state index is 10.3. The Hall–Kier alpha value is -2.53. The minimum Gasteiger partial charge on any atom is -0.492 e. The van der Waals surface area contributed by atoms with Gasteiger partial charge >= 0.3 is 0 Å². The Bertz CT molecular complexity index is 642. The van der Waals surface area contributed by atoms with E-state index in [1.54, 1.807) is 0 Å². The normalized spacial score (nSPS) is 12.5. The van der Waals surface area contributed by atoms with Crippen LogP contribution in [0.2, 0.25) is 0 Å². The highest BCUT2D eigenvalue weighted by atomic mass is 16.5. The van der Waals surface area contributed by atoms with Crippen molar-refractivity contribution in [1.29, 1.82) is 0 Å². The summed E-state index contributed by atoms with van der Waals surface area (Å²) in [4.78, 5) is 4.45. The minimum absolute atomic E-state index is 0.304. The molecule has 5 heteroatoms. The molecule has 0 bridgehead atoms. The molecule has 0 amide bonds. The van der Waals surface area contributed by atoms with Gasteiger partial charge < -0.3 is 20.5 Å². The van der Waals surface area contributed by atoms with E-state index >= 15 is 0 Å². The summed E-state index contributed by atoms with van der Waals surface area (Å²) < 4.78 is 5.65. The number of aliphatic hydroxyl groups excluding tert-OH is 1. The fourth-order valence-corrected chi connectivity index (χ4v) is 2.27. The second-order valence-electron chi connectivity index (χ2n) is 5.73. The van der Waals surface area contributed by atoms with Gasteiger partial charge in [0.15, 0.2) is 5.96 Å². The van der Waals surface area contributed by atoms with Crippen LogP contribution in [0.4, 0.5) is 0 Å². The molecule has 0 radical (unpaired) electrons. The maximum atomic E-state index is 10.3. The second-order valence-corrected chi connectivity index (χ2v) is 5.73. The van der Waals surface area contributed by atoms with Gasteiger partial charge in [-0.15, -0.1) is 0 Å². The first-order valence-electron chi connectivity index (χ1n) is 8.63. The van der Waals surface area contributed by atoms with Crippen LogP contribution >= 0.6 is 0 Å². The van der Waals surface area contributed by atoms with E-state index in [2.05, 4.69) is 15.6 Å². The van der Waals surface area contributed by atoms with Crippen LogP contribution in [-0.4, -0.2) is 37.3 Å². The van der Waals surface area contributed by atoms with Gasteiger partial charge in [0.1, 0.15) is 12.4 Å². The zero-order valence-electron chi connectivity index (χ0n) is 14.9. The Morgan fingerprint density at radius 1 is 1.08 bits per heavy atom. The van der Waals surface area contributed by atoms with Crippen LogP contribution in [0.15, 0.2) is 59.6 Å². The Balaban J connectivity index is 1.80. The smallest absolute Gasteiger partial charge is 0.191 e. The highest BCUT2D eigenvalue weighted by molar-refractivity contribution is 5.79. The zero-order chi connectivity index (χ0) is 17.9. The molecule has 0 fully saturated rings. The van der Waals surface area contributed by atoms with Gasteiger partial charge in [-0.1, -0.05) is 48.0 Å². The van der Waals surface area contributed by atoms with Gasteiger partial charge in [-0.3, -0.25) is 4.99 Å². The van der Waals surface area contributed by atoms with E-state index in [0.717, 1.165) is 17.9 Å². The van der Waals surface area contributed by atoms with Crippen LogP contribution in [0.1, 0.15) is 24.2 Å². The number of nitrogens with zero attached hydrogens (tertiary/aromatic N) is 1.